The third-order valence-corrected chi connectivity index (χ3v) is 3.54. The number of ether oxygens (including phenoxy) is 1. The summed E-state index contributed by atoms with van der Waals surface area (Å²) in [5.74, 6) is 0.794. The molecule has 0 saturated heterocycles. The Morgan fingerprint density at radius 2 is 1.86 bits per heavy atom. The van der Waals surface area contributed by atoms with Crippen LogP contribution in [0.2, 0.25) is 5.02 Å². The normalized spacial score (nSPS) is 11.0. The standard InChI is InChI=1S/C18H15ClN2O/c1-22-18-6-2-4-15(12-18)20-13-17-5-3-11-21(17)16-9-7-14(19)8-10-16/h2-13H,1H3. The Hall–Kier alpha value is -2.52. The van der Waals surface area contributed by atoms with Crippen molar-refractivity contribution in [3.05, 3.63) is 77.6 Å². The average Bonchev–Trinajstić information content (AvgIpc) is 3.02. The number of rotatable bonds is 4. The van der Waals surface area contributed by atoms with Crippen molar-refractivity contribution in [3.8, 4) is 11.4 Å². The highest BCUT2D eigenvalue weighted by Crippen LogP contribution is 2.20. The van der Waals surface area contributed by atoms with E-state index in [2.05, 4.69) is 9.56 Å². The van der Waals surface area contributed by atoms with Crippen molar-refractivity contribution in [3.63, 3.8) is 0 Å². The number of benzene rings is 2. The van der Waals surface area contributed by atoms with Crippen molar-refractivity contribution < 1.29 is 4.74 Å². The van der Waals surface area contributed by atoms with Crippen LogP contribution >= 0.6 is 11.6 Å². The highest BCUT2D eigenvalue weighted by molar-refractivity contribution is 6.30. The third-order valence-electron chi connectivity index (χ3n) is 3.28. The van der Waals surface area contributed by atoms with E-state index < -0.39 is 0 Å². The van der Waals surface area contributed by atoms with Gasteiger partial charge in [0.25, 0.3) is 0 Å². The highest BCUT2D eigenvalue weighted by Gasteiger charge is 2.01. The lowest BCUT2D eigenvalue weighted by atomic mass is 10.3. The summed E-state index contributed by atoms with van der Waals surface area (Å²) in [6.07, 6.45) is 3.83. The number of halogens is 1. The number of hydrogen-bond acceptors (Lipinski definition) is 2. The summed E-state index contributed by atoms with van der Waals surface area (Å²) in [7, 11) is 1.65. The van der Waals surface area contributed by atoms with Gasteiger partial charge in [-0.2, -0.15) is 0 Å². The van der Waals surface area contributed by atoms with Gasteiger partial charge in [-0.1, -0.05) is 17.7 Å². The molecule has 0 saturated carbocycles. The first-order valence-electron chi connectivity index (χ1n) is 6.88. The molecule has 22 heavy (non-hydrogen) atoms. The molecule has 3 aromatic rings. The quantitative estimate of drug-likeness (QED) is 0.630. The number of aliphatic imine (C=N–C) groups is 1. The fourth-order valence-electron chi connectivity index (χ4n) is 2.17. The smallest absolute Gasteiger partial charge is 0.121 e. The van der Waals surface area contributed by atoms with Crippen molar-refractivity contribution in [1.82, 2.24) is 4.57 Å². The topological polar surface area (TPSA) is 26.5 Å². The summed E-state index contributed by atoms with van der Waals surface area (Å²) in [4.78, 5) is 4.51. The zero-order chi connectivity index (χ0) is 15.4. The first-order chi connectivity index (χ1) is 10.8. The number of nitrogens with zero attached hydrogens (tertiary/aromatic N) is 2. The molecule has 0 atom stereocenters. The summed E-state index contributed by atoms with van der Waals surface area (Å²) in [6.45, 7) is 0. The molecule has 1 heterocycles. The van der Waals surface area contributed by atoms with Crippen LogP contribution in [-0.2, 0) is 0 Å². The Kier molecular flexibility index (Phi) is 4.26. The van der Waals surface area contributed by atoms with Gasteiger partial charge >= 0.3 is 0 Å². The fourth-order valence-corrected chi connectivity index (χ4v) is 2.29. The Morgan fingerprint density at radius 1 is 1.05 bits per heavy atom. The van der Waals surface area contributed by atoms with Gasteiger partial charge < -0.3 is 9.30 Å². The van der Waals surface area contributed by atoms with Crippen LogP contribution in [0.1, 0.15) is 5.69 Å². The van der Waals surface area contributed by atoms with Gasteiger partial charge in [0.15, 0.2) is 0 Å². The molecule has 3 nitrogen and oxygen atoms in total. The summed E-state index contributed by atoms with van der Waals surface area (Å²) < 4.78 is 7.26. The predicted molar refractivity (Wildman–Crippen MR) is 91.0 cm³/mol. The minimum atomic E-state index is 0.725. The molecule has 3 rings (SSSR count). The lowest BCUT2D eigenvalue weighted by Gasteiger charge is -2.06. The van der Waals surface area contributed by atoms with E-state index in [1.807, 2.05) is 73.1 Å². The van der Waals surface area contributed by atoms with Crippen LogP contribution in [0.5, 0.6) is 5.75 Å². The summed E-state index contributed by atoms with van der Waals surface area (Å²) in [6, 6.07) is 19.4. The molecule has 0 fully saturated rings. The molecule has 0 N–H and O–H groups in total. The minimum absolute atomic E-state index is 0.725. The van der Waals surface area contributed by atoms with Gasteiger partial charge in [-0.3, -0.25) is 4.99 Å². The molecule has 0 aliphatic carbocycles. The van der Waals surface area contributed by atoms with Crippen LogP contribution in [0.3, 0.4) is 0 Å². The molecule has 4 heteroatoms. The van der Waals surface area contributed by atoms with E-state index >= 15 is 0 Å². The zero-order valence-electron chi connectivity index (χ0n) is 12.1. The van der Waals surface area contributed by atoms with Gasteiger partial charge in [-0.15, -0.1) is 0 Å². The van der Waals surface area contributed by atoms with Crippen molar-refractivity contribution >= 4 is 23.5 Å². The lowest BCUT2D eigenvalue weighted by Crippen LogP contribution is -1.97. The monoisotopic (exact) mass is 310 g/mol. The second-order valence-corrected chi connectivity index (χ2v) is 5.18. The first kappa shape index (κ1) is 14.4. The predicted octanol–water partition coefficient (Wildman–Crippen LogP) is 4.89. The largest absolute Gasteiger partial charge is 0.497 e. The van der Waals surface area contributed by atoms with E-state index in [4.69, 9.17) is 16.3 Å². The zero-order valence-corrected chi connectivity index (χ0v) is 12.9. The first-order valence-corrected chi connectivity index (χ1v) is 7.25. The summed E-state index contributed by atoms with van der Waals surface area (Å²) in [5, 5.41) is 0.725. The SMILES string of the molecule is COc1cccc(N=Cc2cccn2-c2ccc(Cl)cc2)c1. The van der Waals surface area contributed by atoms with Gasteiger partial charge in [0.05, 0.1) is 24.7 Å². The van der Waals surface area contributed by atoms with Crippen molar-refractivity contribution in [2.75, 3.05) is 7.11 Å². The maximum atomic E-state index is 5.94. The summed E-state index contributed by atoms with van der Waals surface area (Å²) >= 11 is 5.94. The molecule has 0 unspecified atom stereocenters. The molecule has 0 radical (unpaired) electrons. The van der Waals surface area contributed by atoms with Crippen LogP contribution in [0, 0.1) is 0 Å². The molecular formula is C18H15ClN2O. The molecule has 0 bridgehead atoms. The molecule has 0 spiro atoms. The molecule has 0 aliphatic rings. The van der Waals surface area contributed by atoms with Crippen LogP contribution < -0.4 is 4.74 Å². The van der Waals surface area contributed by atoms with Gasteiger partial charge in [0.2, 0.25) is 0 Å². The van der Waals surface area contributed by atoms with E-state index in [0.29, 0.717) is 0 Å². The van der Waals surface area contributed by atoms with Crippen LogP contribution in [0.15, 0.2) is 71.9 Å². The van der Waals surface area contributed by atoms with Crippen molar-refractivity contribution in [2.24, 2.45) is 4.99 Å². The minimum Gasteiger partial charge on any atom is -0.497 e. The van der Waals surface area contributed by atoms with Crippen molar-refractivity contribution in [2.45, 2.75) is 0 Å². The van der Waals surface area contributed by atoms with E-state index in [-0.39, 0.29) is 0 Å². The Balaban J connectivity index is 1.88. The molecule has 110 valence electrons. The second kappa shape index (κ2) is 6.50. The summed E-state index contributed by atoms with van der Waals surface area (Å²) in [5.41, 5.74) is 2.88. The Bertz CT molecular complexity index is 791. The van der Waals surface area contributed by atoms with Gasteiger partial charge in [-0.25, -0.2) is 0 Å². The average molecular weight is 311 g/mol. The van der Waals surface area contributed by atoms with Crippen LogP contribution in [-0.4, -0.2) is 17.9 Å². The van der Waals surface area contributed by atoms with Gasteiger partial charge in [-0.05, 0) is 48.5 Å². The van der Waals surface area contributed by atoms with E-state index in [9.17, 15) is 0 Å². The second-order valence-electron chi connectivity index (χ2n) is 4.74. The number of hydrogen-bond donors (Lipinski definition) is 0. The fraction of sp³-hybridized carbons (Fsp3) is 0.0556. The Labute approximate surface area is 134 Å². The number of methoxy groups -OCH3 is 1. The third kappa shape index (κ3) is 3.21. The maximum Gasteiger partial charge on any atom is 0.121 e. The lowest BCUT2D eigenvalue weighted by molar-refractivity contribution is 0.415. The molecule has 2 aromatic carbocycles. The maximum absolute atomic E-state index is 5.94. The van der Waals surface area contributed by atoms with Crippen LogP contribution in [0.4, 0.5) is 5.69 Å². The van der Waals surface area contributed by atoms with Gasteiger partial charge in [0.1, 0.15) is 5.75 Å². The molecular weight excluding hydrogens is 296 g/mol. The molecule has 0 amide bonds. The van der Waals surface area contributed by atoms with Gasteiger partial charge in [0, 0.05) is 23.0 Å². The highest BCUT2D eigenvalue weighted by atomic mass is 35.5. The van der Waals surface area contributed by atoms with E-state index in [1.165, 1.54) is 0 Å². The van der Waals surface area contributed by atoms with E-state index in [1.54, 1.807) is 7.11 Å². The molecule has 0 aliphatic heterocycles. The van der Waals surface area contributed by atoms with Crippen LogP contribution in [0.25, 0.3) is 5.69 Å². The molecule has 1 aromatic heterocycles. The number of aromatic nitrogens is 1. The Morgan fingerprint density at radius 3 is 2.64 bits per heavy atom. The van der Waals surface area contributed by atoms with E-state index in [0.717, 1.165) is 27.8 Å². The van der Waals surface area contributed by atoms with Crippen molar-refractivity contribution in [1.29, 1.82) is 0 Å².